The molecule has 0 spiro atoms. The van der Waals surface area contributed by atoms with Gasteiger partial charge in [0.1, 0.15) is 11.8 Å². The molecule has 1 atom stereocenters. The molecule has 5 nitrogen and oxygen atoms in total. The highest BCUT2D eigenvalue weighted by Crippen LogP contribution is 2.25. The summed E-state index contributed by atoms with van der Waals surface area (Å²) in [7, 11) is 1.63. The van der Waals surface area contributed by atoms with Crippen LogP contribution in [0.3, 0.4) is 0 Å². The minimum absolute atomic E-state index is 0.0897. The van der Waals surface area contributed by atoms with Crippen molar-refractivity contribution in [1.82, 2.24) is 10.2 Å². The zero-order valence-corrected chi connectivity index (χ0v) is 21.0. The summed E-state index contributed by atoms with van der Waals surface area (Å²) in [5.74, 6) is 1.53. The van der Waals surface area contributed by atoms with E-state index in [2.05, 4.69) is 5.32 Å². The number of amides is 2. The summed E-state index contributed by atoms with van der Waals surface area (Å²) in [5, 5.41) is 3.80. The summed E-state index contributed by atoms with van der Waals surface area (Å²) < 4.78 is 5.18. The number of benzene rings is 2. The summed E-state index contributed by atoms with van der Waals surface area (Å²) in [4.78, 5) is 27.6. The van der Waals surface area contributed by atoms with E-state index in [1.807, 2.05) is 44.2 Å². The summed E-state index contributed by atoms with van der Waals surface area (Å²) in [6.45, 7) is 4.78. The van der Waals surface area contributed by atoms with Crippen molar-refractivity contribution >= 4 is 46.8 Å². The van der Waals surface area contributed by atoms with Gasteiger partial charge in [-0.3, -0.25) is 9.59 Å². The van der Waals surface area contributed by atoms with Gasteiger partial charge in [0.2, 0.25) is 11.8 Å². The SMILES string of the molecule is CCCNC(=O)[C@@H](CC)N(Cc1ccc(Cl)c(Cl)c1)C(=O)CSCc1ccc(OC)cc1. The molecule has 0 radical (unpaired) electrons. The van der Waals surface area contributed by atoms with Crippen LogP contribution in [0.15, 0.2) is 42.5 Å². The van der Waals surface area contributed by atoms with E-state index in [1.54, 1.807) is 24.1 Å². The smallest absolute Gasteiger partial charge is 0.242 e. The van der Waals surface area contributed by atoms with E-state index in [-0.39, 0.29) is 24.1 Å². The number of carbonyl (C=O) groups excluding carboxylic acids is 2. The molecule has 0 bridgehead atoms. The highest BCUT2D eigenvalue weighted by Gasteiger charge is 2.28. The Morgan fingerprint density at radius 2 is 1.75 bits per heavy atom. The fourth-order valence-corrected chi connectivity index (χ4v) is 4.37. The number of hydrogen-bond donors (Lipinski definition) is 1. The Balaban J connectivity index is 2.12. The van der Waals surface area contributed by atoms with Crippen LogP contribution in [-0.4, -0.2) is 42.2 Å². The predicted molar refractivity (Wildman–Crippen MR) is 134 cm³/mol. The van der Waals surface area contributed by atoms with Crippen molar-refractivity contribution in [1.29, 1.82) is 0 Å². The van der Waals surface area contributed by atoms with E-state index in [4.69, 9.17) is 27.9 Å². The van der Waals surface area contributed by atoms with Crippen molar-refractivity contribution in [3.63, 3.8) is 0 Å². The van der Waals surface area contributed by atoms with Crippen LogP contribution in [0.2, 0.25) is 10.0 Å². The Hall–Kier alpha value is -1.89. The average molecular weight is 497 g/mol. The third-order valence-corrected chi connectivity index (χ3v) is 6.65. The first-order valence-corrected chi connectivity index (χ1v) is 12.5. The molecule has 2 aromatic carbocycles. The molecule has 0 aliphatic heterocycles. The third-order valence-electron chi connectivity index (χ3n) is 4.93. The van der Waals surface area contributed by atoms with Crippen LogP contribution < -0.4 is 10.1 Å². The Labute approximate surface area is 204 Å². The molecule has 174 valence electrons. The summed E-state index contributed by atoms with van der Waals surface area (Å²) in [6, 6.07) is 12.5. The zero-order valence-electron chi connectivity index (χ0n) is 18.7. The maximum Gasteiger partial charge on any atom is 0.242 e. The molecule has 0 saturated heterocycles. The van der Waals surface area contributed by atoms with Gasteiger partial charge in [-0.05, 0) is 48.2 Å². The van der Waals surface area contributed by atoms with Crippen molar-refractivity contribution < 1.29 is 14.3 Å². The van der Waals surface area contributed by atoms with E-state index in [9.17, 15) is 9.59 Å². The highest BCUT2D eigenvalue weighted by molar-refractivity contribution is 7.99. The predicted octanol–water partition coefficient (Wildman–Crippen LogP) is 5.57. The maximum atomic E-state index is 13.2. The standard InChI is InChI=1S/C24H30Cl2N2O3S/c1-4-12-27-24(30)22(5-2)28(14-18-8-11-20(25)21(26)13-18)23(29)16-32-15-17-6-9-19(31-3)10-7-17/h6-11,13,22H,4-5,12,14-16H2,1-3H3,(H,27,30)/t22-/m1/s1. The second-order valence-corrected chi connectivity index (χ2v) is 9.13. The number of halogens is 2. The fraction of sp³-hybridized carbons (Fsp3) is 0.417. The van der Waals surface area contributed by atoms with Gasteiger partial charge < -0.3 is 15.0 Å². The van der Waals surface area contributed by atoms with Gasteiger partial charge in [0.25, 0.3) is 0 Å². The first-order chi connectivity index (χ1) is 15.4. The Morgan fingerprint density at radius 3 is 2.34 bits per heavy atom. The molecule has 0 aromatic heterocycles. The lowest BCUT2D eigenvalue weighted by Gasteiger charge is -2.30. The highest BCUT2D eigenvalue weighted by atomic mass is 35.5. The van der Waals surface area contributed by atoms with E-state index < -0.39 is 6.04 Å². The van der Waals surface area contributed by atoms with Gasteiger partial charge in [-0.25, -0.2) is 0 Å². The number of methoxy groups -OCH3 is 1. The van der Waals surface area contributed by atoms with E-state index in [0.717, 1.165) is 23.3 Å². The molecule has 0 fully saturated rings. The maximum absolute atomic E-state index is 13.2. The lowest BCUT2D eigenvalue weighted by Crippen LogP contribution is -2.49. The molecule has 0 heterocycles. The molecule has 2 rings (SSSR count). The van der Waals surface area contributed by atoms with Crippen molar-refractivity contribution in [3.05, 3.63) is 63.6 Å². The van der Waals surface area contributed by atoms with Crippen LogP contribution >= 0.6 is 35.0 Å². The van der Waals surface area contributed by atoms with Crippen LogP contribution in [0, 0.1) is 0 Å². The number of ether oxygens (including phenoxy) is 1. The molecule has 2 aromatic rings. The van der Waals surface area contributed by atoms with Crippen LogP contribution in [0.5, 0.6) is 5.75 Å². The zero-order chi connectivity index (χ0) is 23.5. The van der Waals surface area contributed by atoms with Gasteiger partial charge in [-0.15, -0.1) is 11.8 Å². The van der Waals surface area contributed by atoms with Crippen LogP contribution in [0.1, 0.15) is 37.8 Å². The first-order valence-electron chi connectivity index (χ1n) is 10.6. The van der Waals surface area contributed by atoms with E-state index in [1.165, 1.54) is 11.8 Å². The molecule has 32 heavy (non-hydrogen) atoms. The molecular weight excluding hydrogens is 467 g/mol. The van der Waals surface area contributed by atoms with Gasteiger partial charge in [0, 0.05) is 18.8 Å². The summed E-state index contributed by atoms with van der Waals surface area (Å²) in [5.41, 5.74) is 1.93. The van der Waals surface area contributed by atoms with Crippen LogP contribution in [0.4, 0.5) is 0 Å². The minimum atomic E-state index is -0.551. The summed E-state index contributed by atoms with van der Waals surface area (Å²) in [6.07, 6.45) is 1.35. The van der Waals surface area contributed by atoms with Gasteiger partial charge in [-0.1, -0.05) is 55.2 Å². The molecule has 0 unspecified atom stereocenters. The van der Waals surface area contributed by atoms with Gasteiger partial charge in [0.05, 0.1) is 22.9 Å². The lowest BCUT2D eigenvalue weighted by molar-refractivity contribution is -0.139. The van der Waals surface area contributed by atoms with Crippen LogP contribution in [-0.2, 0) is 21.9 Å². The minimum Gasteiger partial charge on any atom is -0.497 e. The van der Waals surface area contributed by atoms with Gasteiger partial charge in [-0.2, -0.15) is 0 Å². The third kappa shape index (κ3) is 7.91. The number of carbonyl (C=O) groups is 2. The molecule has 0 aliphatic rings. The number of rotatable bonds is 12. The quantitative estimate of drug-likeness (QED) is 0.417. The van der Waals surface area contributed by atoms with Crippen molar-refractivity contribution in [2.24, 2.45) is 0 Å². The second kappa shape index (κ2) is 13.6. The molecular formula is C24H30Cl2N2O3S. The number of nitrogens with zero attached hydrogens (tertiary/aromatic N) is 1. The van der Waals surface area contributed by atoms with Crippen LogP contribution in [0.25, 0.3) is 0 Å². The molecule has 0 aliphatic carbocycles. The largest absolute Gasteiger partial charge is 0.497 e. The van der Waals surface area contributed by atoms with Crippen molar-refractivity contribution in [3.8, 4) is 5.75 Å². The lowest BCUT2D eigenvalue weighted by atomic mass is 10.1. The number of thioether (sulfide) groups is 1. The average Bonchev–Trinajstić information content (AvgIpc) is 2.80. The Kier molecular flexibility index (Phi) is 11.2. The normalized spacial score (nSPS) is 11.7. The molecule has 1 N–H and O–H groups in total. The Morgan fingerprint density at radius 1 is 1.06 bits per heavy atom. The second-order valence-electron chi connectivity index (χ2n) is 7.33. The monoisotopic (exact) mass is 496 g/mol. The summed E-state index contributed by atoms with van der Waals surface area (Å²) >= 11 is 13.7. The molecule has 2 amide bonds. The fourth-order valence-electron chi connectivity index (χ4n) is 3.18. The van der Waals surface area contributed by atoms with Gasteiger partial charge >= 0.3 is 0 Å². The Bertz CT molecular complexity index is 893. The van der Waals surface area contributed by atoms with Gasteiger partial charge in [0.15, 0.2) is 0 Å². The van der Waals surface area contributed by atoms with E-state index >= 15 is 0 Å². The molecule has 0 saturated carbocycles. The van der Waals surface area contributed by atoms with Crippen molar-refractivity contribution in [2.75, 3.05) is 19.4 Å². The first kappa shape index (κ1) is 26.4. The number of hydrogen-bond acceptors (Lipinski definition) is 4. The molecule has 8 heteroatoms. The number of nitrogens with one attached hydrogen (secondary N) is 1. The topological polar surface area (TPSA) is 58.6 Å². The van der Waals surface area contributed by atoms with Crippen molar-refractivity contribution in [2.45, 2.75) is 45.0 Å². The van der Waals surface area contributed by atoms with E-state index in [0.29, 0.717) is 28.8 Å².